The molecule has 0 spiro atoms. The summed E-state index contributed by atoms with van der Waals surface area (Å²) < 4.78 is 10.7. The quantitative estimate of drug-likeness (QED) is 0.0189. The van der Waals surface area contributed by atoms with Crippen LogP contribution in [0, 0.1) is 11.8 Å². The molecule has 4 atom stereocenters. The molecular weight excluding hydrogens is 991 g/mol. The second-order valence-electron chi connectivity index (χ2n) is 20.2. The first kappa shape index (κ1) is 65.3. The van der Waals surface area contributed by atoms with E-state index < -0.39 is 82.7 Å². The fourth-order valence-corrected chi connectivity index (χ4v) is 7.30. The van der Waals surface area contributed by atoms with Gasteiger partial charge in [-0.25, -0.2) is 9.59 Å². The minimum atomic E-state index is -1.11. The maximum atomic E-state index is 13.4. The average molecular weight is 1070 g/mol. The highest BCUT2D eigenvalue weighted by molar-refractivity contribution is 5.98. The lowest BCUT2D eigenvalue weighted by atomic mass is 9.92. The van der Waals surface area contributed by atoms with E-state index in [-0.39, 0.29) is 58.3 Å². The third kappa shape index (κ3) is 29.7. The van der Waals surface area contributed by atoms with E-state index >= 15 is 0 Å². The first-order chi connectivity index (χ1) is 36.3. The lowest BCUT2D eigenvalue weighted by Crippen LogP contribution is -2.47. The zero-order valence-corrected chi connectivity index (χ0v) is 45.1. The molecule has 0 fully saturated rings. The molecule has 0 unspecified atom stereocenters. The number of hydrogen-bond donors (Lipinski definition) is 10. The van der Waals surface area contributed by atoms with Crippen molar-refractivity contribution in [3.63, 3.8) is 0 Å². The number of unbranched alkanes of at least 4 members (excludes halogenated alkanes) is 1. The number of carbonyl (C=O) groups is 8. The molecule has 0 aromatic heterocycles. The summed E-state index contributed by atoms with van der Waals surface area (Å²) in [6.07, 6.45) is 1.35. The molecule has 0 radical (unpaired) electrons. The first-order valence-electron chi connectivity index (χ1n) is 25.4. The van der Waals surface area contributed by atoms with Crippen LogP contribution in [-0.4, -0.2) is 92.7 Å². The van der Waals surface area contributed by atoms with E-state index in [2.05, 4.69) is 21.3 Å². The largest absolute Gasteiger partial charge is 0.481 e. The zero-order chi connectivity index (χ0) is 57.6. The molecule has 13 N–H and O–H groups in total. The molecule has 4 aromatic carbocycles. The molecule has 0 saturated carbocycles. The summed E-state index contributed by atoms with van der Waals surface area (Å²) in [6, 6.07) is 29.8. The smallest absolute Gasteiger partial charge is 0.408 e. The molecule has 0 aliphatic heterocycles. The van der Waals surface area contributed by atoms with Crippen LogP contribution in [0.5, 0.6) is 0 Å². The molecule has 0 heterocycles. The van der Waals surface area contributed by atoms with Crippen molar-refractivity contribution in [1.82, 2.24) is 16.0 Å². The van der Waals surface area contributed by atoms with E-state index in [0.29, 0.717) is 36.9 Å². The Morgan fingerprint density at radius 2 is 1.10 bits per heavy atom. The monoisotopic (exact) mass is 1070 g/mol. The van der Waals surface area contributed by atoms with Gasteiger partial charge in [-0.2, -0.15) is 0 Å². The van der Waals surface area contributed by atoms with E-state index in [4.69, 9.17) is 31.8 Å². The van der Waals surface area contributed by atoms with Crippen LogP contribution in [0.25, 0.3) is 0 Å². The van der Waals surface area contributed by atoms with Crippen LogP contribution in [-0.2, 0) is 64.3 Å². The van der Waals surface area contributed by atoms with Crippen molar-refractivity contribution >= 4 is 58.9 Å². The molecule has 0 saturated heterocycles. The number of benzene rings is 4. The lowest BCUT2D eigenvalue weighted by molar-refractivity contribution is -0.157. The topological polar surface area (TPSA) is 342 Å². The predicted molar refractivity (Wildman–Crippen MR) is 292 cm³/mol. The van der Waals surface area contributed by atoms with Gasteiger partial charge in [0, 0.05) is 30.8 Å². The Morgan fingerprint density at radius 1 is 0.571 bits per heavy atom. The van der Waals surface area contributed by atoms with Gasteiger partial charge in [-0.15, -0.1) is 0 Å². The highest BCUT2D eigenvalue weighted by Crippen LogP contribution is 2.20. The number of aliphatic hydroxyl groups excluding tert-OH is 2. The van der Waals surface area contributed by atoms with Crippen LogP contribution < -0.4 is 38.5 Å². The molecule has 4 rings (SSSR count). The number of ketones is 1. The van der Waals surface area contributed by atoms with E-state index in [0.717, 1.165) is 22.4 Å². The Kier molecular flexibility index (Phi) is 28.8. The first-order valence-corrected chi connectivity index (χ1v) is 25.4. The molecule has 4 aromatic rings. The van der Waals surface area contributed by atoms with Crippen LogP contribution in [0.3, 0.4) is 0 Å². The number of anilines is 2. The van der Waals surface area contributed by atoms with E-state index in [9.17, 15) is 48.6 Å². The van der Waals surface area contributed by atoms with E-state index in [1.54, 1.807) is 90.1 Å². The number of esters is 1. The van der Waals surface area contributed by atoms with Gasteiger partial charge in [0.1, 0.15) is 17.2 Å². The number of aliphatic hydroxyl groups is 2. The Morgan fingerprint density at radius 3 is 1.60 bits per heavy atom. The number of carbonyl (C=O) groups excluding carboxylic acids is 7. The second kappa shape index (κ2) is 34.0. The predicted octanol–water partition coefficient (Wildman–Crippen LogP) is 6.23. The third-order valence-corrected chi connectivity index (χ3v) is 11.1. The maximum Gasteiger partial charge on any atom is 0.408 e. The number of alkyl carbamates (subject to hydrolysis) is 1. The van der Waals surface area contributed by atoms with Crippen molar-refractivity contribution in [3.05, 3.63) is 131 Å². The van der Waals surface area contributed by atoms with Gasteiger partial charge in [-0.05, 0) is 127 Å². The summed E-state index contributed by atoms with van der Waals surface area (Å²) in [5, 5.41) is 37.9. The number of nitrogen functional groups attached to an aromatic ring is 1. The summed E-state index contributed by atoms with van der Waals surface area (Å²) in [6.45, 7) is 10.6. The van der Waals surface area contributed by atoms with Crippen LogP contribution in [0.4, 0.5) is 21.0 Å². The van der Waals surface area contributed by atoms with E-state index in [1.807, 2.05) is 60.7 Å². The summed E-state index contributed by atoms with van der Waals surface area (Å²) in [7, 11) is 0. The van der Waals surface area contributed by atoms with Gasteiger partial charge in [-0.3, -0.25) is 28.8 Å². The molecule has 0 aliphatic rings. The number of rotatable bonds is 26. The number of amides is 6. The van der Waals surface area contributed by atoms with Gasteiger partial charge in [0.2, 0.25) is 17.7 Å². The number of primary amides is 2. The fraction of sp³-hybridized carbons (Fsp3) is 0.439. The van der Waals surface area contributed by atoms with Crippen LogP contribution >= 0.6 is 0 Å². The number of carboxylic acids is 1. The number of nitrogens with one attached hydrogen (secondary N) is 4. The summed E-state index contributed by atoms with van der Waals surface area (Å²) >= 11 is 0. The maximum absolute atomic E-state index is 13.4. The Bertz CT molecular complexity index is 2460. The van der Waals surface area contributed by atoms with Crippen molar-refractivity contribution in [2.75, 3.05) is 17.6 Å². The number of hydrogen-bond acceptors (Lipinski definition) is 13. The number of nitrogens with two attached hydrogens (primary N) is 3. The highest BCUT2D eigenvalue weighted by Gasteiger charge is 2.31. The Balaban J connectivity index is 0.000000460. The molecular formula is C57H79N7O13. The molecule has 0 bridgehead atoms. The SMILES string of the molecule is CC(C)(C)OC(=O)C[C@@H](Cc1ccccc1)C(=O)N[C@@H](CCCCC(N)=O)C(=O)Nc1ccc(CO)cc1.CC(C)(C)OC(=O)N[C@@H](Cc1ccccc1)C(=O)C[C@@H](CCCNC(N)=O)C(=O)O.Nc1ccc(CO)cc1. The minimum absolute atomic E-state index is 0.0836. The minimum Gasteiger partial charge on any atom is -0.481 e. The summed E-state index contributed by atoms with van der Waals surface area (Å²) in [5.74, 6) is -5.00. The molecule has 77 heavy (non-hydrogen) atoms. The average Bonchev–Trinajstić information content (AvgIpc) is 3.35. The summed E-state index contributed by atoms with van der Waals surface area (Å²) in [5.41, 5.74) is 18.7. The van der Waals surface area contributed by atoms with Crippen molar-refractivity contribution in [3.8, 4) is 0 Å². The molecule has 20 heteroatoms. The third-order valence-electron chi connectivity index (χ3n) is 11.1. The van der Waals surface area contributed by atoms with Crippen LogP contribution in [0.1, 0.15) is 115 Å². The van der Waals surface area contributed by atoms with Gasteiger partial charge >= 0.3 is 24.1 Å². The zero-order valence-electron chi connectivity index (χ0n) is 45.1. The molecule has 420 valence electrons. The van der Waals surface area contributed by atoms with Crippen LogP contribution in [0.15, 0.2) is 109 Å². The number of carboxylic acid groups (broad SMARTS) is 1. The van der Waals surface area contributed by atoms with Gasteiger partial charge in [0.05, 0.1) is 37.5 Å². The molecule has 6 amide bonds. The van der Waals surface area contributed by atoms with Gasteiger partial charge in [0.25, 0.3) is 0 Å². The number of Topliss-reactive ketones (excluding diaryl/α,β-unsaturated/α-hetero) is 1. The molecule has 0 aliphatic carbocycles. The standard InChI is InChI=1S/C29H39N3O6.C21H31N3O6.C7H9NO/c1-29(2,3)38-26(35)18-22(17-20-9-5-4-6-10-20)27(36)32-24(11-7-8-12-25(30)34)28(37)31-23-15-13-21(19-33)14-16-23;1-21(2,3)30-20(29)24-16(12-14-8-5-4-6-9-14)17(25)13-15(18(26)27)10-7-11-23-19(22)28;8-7-3-1-6(5-9)2-4-7/h4-6,9-10,13-16,22,24,33H,7-8,11-12,17-19H2,1-3H3,(H2,30,34)(H,31,37)(H,32,36);4-6,8-9,15-16H,7,10-13H2,1-3H3,(H,24,29)(H,26,27)(H3,22,23,28);1-4,9H,5,8H2/t22-,24+;15-,16+;/m11./s1. The van der Waals surface area contributed by atoms with Crippen molar-refractivity contribution in [2.24, 2.45) is 23.3 Å². The number of urea groups is 1. The van der Waals surface area contributed by atoms with Crippen molar-refractivity contribution in [1.29, 1.82) is 0 Å². The Hall–Kier alpha value is -7.84. The molecule has 20 nitrogen and oxygen atoms in total. The van der Waals surface area contributed by atoms with Gasteiger partial charge < -0.3 is 63.3 Å². The fourth-order valence-electron chi connectivity index (χ4n) is 7.30. The van der Waals surface area contributed by atoms with Crippen LogP contribution in [0.2, 0.25) is 0 Å². The van der Waals surface area contributed by atoms with E-state index in [1.165, 1.54) is 0 Å². The number of aliphatic carboxylic acids is 1. The summed E-state index contributed by atoms with van der Waals surface area (Å²) in [4.78, 5) is 97.7. The Labute approximate surface area is 451 Å². The van der Waals surface area contributed by atoms with Gasteiger partial charge in [-0.1, -0.05) is 91.3 Å². The lowest BCUT2D eigenvalue weighted by Gasteiger charge is -2.24. The number of ether oxygens (including phenoxy) is 2. The second-order valence-corrected chi connectivity index (χ2v) is 20.2. The normalized spacial score (nSPS) is 12.5. The van der Waals surface area contributed by atoms with Crippen molar-refractivity contribution in [2.45, 2.75) is 142 Å². The van der Waals surface area contributed by atoms with Crippen molar-refractivity contribution < 1.29 is 63.1 Å². The highest BCUT2D eigenvalue weighted by atomic mass is 16.6. The van der Waals surface area contributed by atoms with Gasteiger partial charge in [0.15, 0.2) is 5.78 Å².